The van der Waals surface area contributed by atoms with Crippen LogP contribution in [0.3, 0.4) is 0 Å². The fourth-order valence-corrected chi connectivity index (χ4v) is 3.68. The number of rotatable bonds is 4. The highest BCUT2D eigenvalue weighted by Gasteiger charge is 2.62. The van der Waals surface area contributed by atoms with Gasteiger partial charge in [-0.2, -0.15) is 22.0 Å². The van der Waals surface area contributed by atoms with Crippen LogP contribution >= 0.6 is 7.92 Å². The summed E-state index contributed by atoms with van der Waals surface area (Å²) in [5.41, 5.74) is -5.05. The first kappa shape index (κ1) is 16.2. The largest absolute Gasteiger partial charge is 0.457 e. The topological polar surface area (TPSA) is 0 Å². The Labute approximate surface area is 106 Å². The Balaban J connectivity index is 3.32. The summed E-state index contributed by atoms with van der Waals surface area (Å²) in [6.07, 6.45) is -6.32. The van der Waals surface area contributed by atoms with Gasteiger partial charge in [-0.05, 0) is 12.2 Å². The van der Waals surface area contributed by atoms with Crippen LogP contribution in [-0.4, -0.2) is 18.0 Å². The van der Waals surface area contributed by atoms with Gasteiger partial charge in [-0.25, -0.2) is 8.78 Å². The van der Waals surface area contributed by atoms with Crippen molar-refractivity contribution in [3.63, 3.8) is 0 Å². The number of hydrogen-bond acceptors (Lipinski definition) is 0. The Morgan fingerprint density at radius 1 is 1.05 bits per heavy atom. The van der Waals surface area contributed by atoms with E-state index < -0.39 is 42.9 Å². The molecule has 8 heteroatoms. The highest BCUT2D eigenvalue weighted by molar-refractivity contribution is 7.66. The first-order chi connectivity index (χ1) is 8.63. The lowest BCUT2D eigenvalue weighted by Crippen LogP contribution is -2.38. The SMILES string of the molecule is CCCP(c1cccc(F)c1F)C(F)(F)C(F)(F)F. The Kier molecular flexibility index (Phi) is 4.82. The second kappa shape index (κ2) is 5.65. The van der Waals surface area contributed by atoms with E-state index in [-0.39, 0.29) is 6.42 Å². The molecule has 0 heterocycles. The molecule has 0 nitrogen and oxygen atoms in total. The molecule has 1 unspecified atom stereocenters. The van der Waals surface area contributed by atoms with E-state index in [0.717, 1.165) is 12.1 Å². The number of alkyl halides is 5. The first-order valence-corrected chi connectivity index (χ1v) is 6.81. The third kappa shape index (κ3) is 3.19. The molecule has 0 aliphatic heterocycles. The Morgan fingerprint density at radius 2 is 1.63 bits per heavy atom. The fraction of sp³-hybridized carbons (Fsp3) is 0.455. The molecule has 1 atom stereocenters. The highest BCUT2D eigenvalue weighted by atomic mass is 31.1. The van der Waals surface area contributed by atoms with Crippen LogP contribution in [0.2, 0.25) is 0 Å². The average Bonchev–Trinajstić information content (AvgIpc) is 2.28. The molecule has 1 aromatic carbocycles. The summed E-state index contributed by atoms with van der Waals surface area (Å²) in [5, 5.41) is -0.890. The van der Waals surface area contributed by atoms with Crippen molar-refractivity contribution in [2.24, 2.45) is 0 Å². The molecule has 0 saturated carbocycles. The van der Waals surface area contributed by atoms with E-state index in [4.69, 9.17) is 0 Å². The van der Waals surface area contributed by atoms with Crippen LogP contribution in [0, 0.1) is 11.6 Å². The molecule has 0 saturated heterocycles. The summed E-state index contributed by atoms with van der Waals surface area (Å²) in [6, 6.07) is 2.37. The summed E-state index contributed by atoms with van der Waals surface area (Å²) in [5.74, 6) is -3.06. The third-order valence-corrected chi connectivity index (χ3v) is 5.10. The van der Waals surface area contributed by atoms with Crippen molar-refractivity contribution in [1.29, 1.82) is 0 Å². The van der Waals surface area contributed by atoms with Gasteiger partial charge in [0, 0.05) is 13.2 Å². The summed E-state index contributed by atoms with van der Waals surface area (Å²) >= 11 is 0. The molecular weight excluding hydrogens is 296 g/mol. The quantitative estimate of drug-likeness (QED) is 0.562. The maximum Gasteiger partial charge on any atom is 0.457 e. The van der Waals surface area contributed by atoms with Crippen molar-refractivity contribution in [1.82, 2.24) is 0 Å². The highest BCUT2D eigenvalue weighted by Crippen LogP contribution is 2.59. The first-order valence-electron chi connectivity index (χ1n) is 5.29. The smallest absolute Gasteiger partial charge is 0.204 e. The van der Waals surface area contributed by atoms with Crippen molar-refractivity contribution in [3.05, 3.63) is 29.8 Å². The van der Waals surface area contributed by atoms with Crippen LogP contribution in [0.5, 0.6) is 0 Å². The van der Waals surface area contributed by atoms with E-state index >= 15 is 0 Å². The minimum atomic E-state index is -5.79. The van der Waals surface area contributed by atoms with Gasteiger partial charge in [0.05, 0.1) is 0 Å². The van der Waals surface area contributed by atoms with Crippen LogP contribution in [0.1, 0.15) is 13.3 Å². The van der Waals surface area contributed by atoms with Crippen LogP contribution in [-0.2, 0) is 0 Å². The lowest BCUT2D eigenvalue weighted by molar-refractivity contribution is -0.240. The molecule has 108 valence electrons. The molecule has 0 spiro atoms. The van der Waals surface area contributed by atoms with Gasteiger partial charge in [-0.15, -0.1) is 0 Å². The molecule has 0 fully saturated rings. The van der Waals surface area contributed by atoms with Crippen molar-refractivity contribution in [3.8, 4) is 0 Å². The molecule has 0 amide bonds. The second-order valence-corrected chi connectivity index (χ2v) is 6.11. The molecule has 0 aliphatic rings. The third-order valence-electron chi connectivity index (χ3n) is 2.35. The number of benzene rings is 1. The maximum atomic E-state index is 13.4. The zero-order valence-electron chi connectivity index (χ0n) is 9.74. The molecule has 1 rings (SSSR count). The predicted molar refractivity (Wildman–Crippen MR) is 59.1 cm³/mol. The van der Waals surface area contributed by atoms with Crippen LogP contribution in [0.25, 0.3) is 0 Å². The van der Waals surface area contributed by atoms with E-state index in [9.17, 15) is 30.7 Å². The van der Waals surface area contributed by atoms with Gasteiger partial charge in [0.2, 0.25) is 0 Å². The molecule has 0 N–H and O–H groups in total. The fourth-order valence-electron chi connectivity index (χ4n) is 1.49. The molecule has 1 aromatic rings. The minimum absolute atomic E-state index is 0.00727. The minimum Gasteiger partial charge on any atom is -0.204 e. The van der Waals surface area contributed by atoms with Crippen LogP contribution in [0.15, 0.2) is 18.2 Å². The van der Waals surface area contributed by atoms with Crippen molar-refractivity contribution in [2.45, 2.75) is 25.2 Å². The van der Waals surface area contributed by atoms with Gasteiger partial charge < -0.3 is 0 Å². The number of halogens is 7. The standard InChI is InChI=1S/C11H10F7P/c1-2-6-19(11(17,18)10(14,15)16)8-5-3-4-7(12)9(8)13/h3-5H,2,6H2,1H3. The summed E-state index contributed by atoms with van der Waals surface area (Å²) in [7, 11) is -3.20. The molecule has 19 heavy (non-hydrogen) atoms. The van der Waals surface area contributed by atoms with Gasteiger partial charge in [0.1, 0.15) is 0 Å². The molecule has 0 radical (unpaired) electrons. The van der Waals surface area contributed by atoms with E-state index in [1.807, 2.05) is 0 Å². The normalized spacial score (nSPS) is 14.5. The van der Waals surface area contributed by atoms with Crippen LogP contribution in [0.4, 0.5) is 30.7 Å². The average molecular weight is 306 g/mol. The predicted octanol–water partition coefficient (Wildman–Crippen LogP) is 4.64. The lowest BCUT2D eigenvalue weighted by atomic mass is 10.3. The maximum absolute atomic E-state index is 13.4. The van der Waals surface area contributed by atoms with Gasteiger partial charge in [0.15, 0.2) is 11.6 Å². The Bertz CT molecular complexity index is 441. The summed E-state index contributed by atoms with van der Waals surface area (Å²) in [6.45, 7) is 1.40. The monoisotopic (exact) mass is 306 g/mol. The van der Waals surface area contributed by atoms with Crippen LogP contribution < -0.4 is 5.30 Å². The van der Waals surface area contributed by atoms with E-state index in [2.05, 4.69) is 0 Å². The summed E-state index contributed by atoms with van der Waals surface area (Å²) in [4.78, 5) is 0. The zero-order valence-corrected chi connectivity index (χ0v) is 10.6. The number of hydrogen-bond donors (Lipinski definition) is 0. The van der Waals surface area contributed by atoms with Crippen molar-refractivity contribution >= 4 is 13.2 Å². The Hall–Kier alpha value is -0.840. The van der Waals surface area contributed by atoms with Gasteiger partial charge in [-0.3, -0.25) is 0 Å². The summed E-state index contributed by atoms with van der Waals surface area (Å²) < 4.78 is 90.3. The molecular formula is C11H10F7P. The van der Waals surface area contributed by atoms with Gasteiger partial charge in [0.25, 0.3) is 0 Å². The molecule has 0 aliphatic carbocycles. The van der Waals surface area contributed by atoms with Gasteiger partial charge in [-0.1, -0.05) is 25.5 Å². The van der Waals surface area contributed by atoms with Gasteiger partial charge >= 0.3 is 11.8 Å². The Morgan fingerprint density at radius 3 is 2.11 bits per heavy atom. The van der Waals surface area contributed by atoms with E-state index in [1.54, 1.807) is 0 Å². The second-order valence-electron chi connectivity index (χ2n) is 3.76. The zero-order chi connectivity index (χ0) is 14.8. The van der Waals surface area contributed by atoms with E-state index in [0.29, 0.717) is 6.07 Å². The van der Waals surface area contributed by atoms with Crippen molar-refractivity contribution < 1.29 is 30.7 Å². The molecule has 0 aromatic heterocycles. The van der Waals surface area contributed by atoms with Crippen molar-refractivity contribution in [2.75, 3.05) is 6.16 Å². The lowest BCUT2D eigenvalue weighted by Gasteiger charge is -2.29. The molecule has 0 bridgehead atoms. The van der Waals surface area contributed by atoms with E-state index in [1.165, 1.54) is 6.92 Å².